The molecule has 1 heterocycles. The van der Waals surface area contributed by atoms with E-state index in [1.165, 1.54) is 0 Å². The third-order valence-corrected chi connectivity index (χ3v) is 4.24. The Bertz CT molecular complexity index is 411. The Morgan fingerprint density at radius 2 is 2.28 bits per heavy atom. The van der Waals surface area contributed by atoms with Crippen LogP contribution in [0.1, 0.15) is 30.9 Å². The summed E-state index contributed by atoms with van der Waals surface area (Å²) < 4.78 is 14.8. The van der Waals surface area contributed by atoms with E-state index in [0.717, 1.165) is 37.1 Å². The number of benzene rings is 1. The summed E-state index contributed by atoms with van der Waals surface area (Å²) in [5.74, 6) is 0.0867. The summed E-state index contributed by atoms with van der Waals surface area (Å²) in [5, 5.41) is 3.96. The molecule has 1 aromatic rings. The number of rotatable bonds is 3. The molecule has 0 saturated carbocycles. The standard InChI is InChI=1S/C15H21ClFN/c1-11-5-6-12(14(16)8-11)9-15(2,17)13-4-3-7-18-10-13/h5-6,8,13,18H,3-4,7,9-10H2,1-2H3. The Morgan fingerprint density at radius 1 is 1.50 bits per heavy atom. The van der Waals surface area contributed by atoms with Gasteiger partial charge in [0.25, 0.3) is 0 Å². The van der Waals surface area contributed by atoms with Crippen molar-refractivity contribution in [1.29, 1.82) is 0 Å². The van der Waals surface area contributed by atoms with Crippen LogP contribution in [0.5, 0.6) is 0 Å². The molecule has 1 fully saturated rings. The van der Waals surface area contributed by atoms with Gasteiger partial charge in [-0.25, -0.2) is 4.39 Å². The maximum atomic E-state index is 14.8. The fourth-order valence-electron chi connectivity index (χ4n) is 2.68. The van der Waals surface area contributed by atoms with Crippen molar-refractivity contribution in [2.24, 2.45) is 5.92 Å². The molecule has 1 nitrogen and oxygen atoms in total. The number of hydrogen-bond acceptors (Lipinski definition) is 1. The summed E-state index contributed by atoms with van der Waals surface area (Å²) in [4.78, 5) is 0. The highest BCUT2D eigenvalue weighted by Crippen LogP contribution is 2.33. The Hall–Kier alpha value is -0.600. The predicted octanol–water partition coefficient (Wildman–Crippen LogP) is 3.92. The molecule has 100 valence electrons. The van der Waals surface area contributed by atoms with Crippen LogP contribution in [0, 0.1) is 12.8 Å². The highest BCUT2D eigenvalue weighted by Gasteiger charge is 2.35. The van der Waals surface area contributed by atoms with Gasteiger partial charge < -0.3 is 5.32 Å². The monoisotopic (exact) mass is 269 g/mol. The minimum absolute atomic E-state index is 0.0867. The molecule has 3 heteroatoms. The van der Waals surface area contributed by atoms with Crippen molar-refractivity contribution in [2.75, 3.05) is 13.1 Å². The highest BCUT2D eigenvalue weighted by atomic mass is 35.5. The molecule has 0 spiro atoms. The van der Waals surface area contributed by atoms with E-state index in [2.05, 4.69) is 5.32 Å². The third-order valence-electron chi connectivity index (χ3n) is 3.89. The molecular formula is C15H21ClFN. The van der Waals surface area contributed by atoms with E-state index in [4.69, 9.17) is 11.6 Å². The maximum Gasteiger partial charge on any atom is 0.116 e. The van der Waals surface area contributed by atoms with Gasteiger partial charge in [0, 0.05) is 23.9 Å². The summed E-state index contributed by atoms with van der Waals surface area (Å²) in [6, 6.07) is 5.86. The van der Waals surface area contributed by atoms with Crippen LogP contribution in [0.4, 0.5) is 4.39 Å². The number of hydrogen-bond donors (Lipinski definition) is 1. The number of nitrogens with one attached hydrogen (secondary N) is 1. The normalized spacial score (nSPS) is 23.7. The number of alkyl halides is 1. The van der Waals surface area contributed by atoms with Crippen LogP contribution in [0.25, 0.3) is 0 Å². The maximum absolute atomic E-state index is 14.8. The van der Waals surface area contributed by atoms with E-state index in [0.29, 0.717) is 11.4 Å². The summed E-state index contributed by atoms with van der Waals surface area (Å²) in [5.41, 5.74) is 0.841. The fourth-order valence-corrected chi connectivity index (χ4v) is 2.98. The highest BCUT2D eigenvalue weighted by molar-refractivity contribution is 6.31. The Labute approximate surface area is 114 Å². The lowest BCUT2D eigenvalue weighted by Gasteiger charge is -2.34. The van der Waals surface area contributed by atoms with Crippen molar-refractivity contribution >= 4 is 11.6 Å². The molecule has 0 bridgehead atoms. The molecule has 2 rings (SSSR count). The molecule has 1 saturated heterocycles. The van der Waals surface area contributed by atoms with Crippen LogP contribution in [-0.4, -0.2) is 18.8 Å². The van der Waals surface area contributed by atoms with Crippen LogP contribution in [0.15, 0.2) is 18.2 Å². The zero-order valence-electron chi connectivity index (χ0n) is 11.1. The topological polar surface area (TPSA) is 12.0 Å². The van der Waals surface area contributed by atoms with E-state index in [1.807, 2.05) is 25.1 Å². The van der Waals surface area contributed by atoms with Gasteiger partial charge >= 0.3 is 0 Å². The van der Waals surface area contributed by atoms with Crippen LogP contribution < -0.4 is 5.32 Å². The van der Waals surface area contributed by atoms with Gasteiger partial charge in [0.15, 0.2) is 0 Å². The van der Waals surface area contributed by atoms with Gasteiger partial charge in [-0.2, -0.15) is 0 Å². The summed E-state index contributed by atoms with van der Waals surface area (Å²) in [7, 11) is 0. The van der Waals surface area contributed by atoms with Crippen molar-refractivity contribution in [3.05, 3.63) is 34.3 Å². The molecule has 1 N–H and O–H groups in total. The van der Waals surface area contributed by atoms with E-state index >= 15 is 0 Å². The van der Waals surface area contributed by atoms with Crippen molar-refractivity contribution < 1.29 is 4.39 Å². The molecule has 18 heavy (non-hydrogen) atoms. The first-order chi connectivity index (χ1) is 8.49. The van der Waals surface area contributed by atoms with Gasteiger partial charge in [-0.15, -0.1) is 0 Å². The second-order valence-electron chi connectivity index (χ2n) is 5.59. The quantitative estimate of drug-likeness (QED) is 0.877. The SMILES string of the molecule is Cc1ccc(CC(C)(F)C2CCCNC2)c(Cl)c1. The minimum Gasteiger partial charge on any atom is -0.316 e. The second-order valence-corrected chi connectivity index (χ2v) is 6.00. The average Bonchev–Trinajstić information content (AvgIpc) is 2.34. The largest absolute Gasteiger partial charge is 0.316 e. The molecule has 0 aliphatic carbocycles. The molecule has 0 aromatic heterocycles. The number of halogens is 2. The Kier molecular flexibility index (Phi) is 4.29. The second kappa shape index (κ2) is 5.58. The molecule has 1 aromatic carbocycles. The minimum atomic E-state index is -1.19. The lowest BCUT2D eigenvalue weighted by molar-refractivity contribution is 0.0834. The van der Waals surface area contributed by atoms with Crippen LogP contribution in [0.2, 0.25) is 5.02 Å². The number of aryl methyl sites for hydroxylation is 1. The smallest absolute Gasteiger partial charge is 0.116 e. The molecule has 1 aliphatic heterocycles. The van der Waals surface area contributed by atoms with Crippen molar-refractivity contribution in [3.63, 3.8) is 0 Å². The van der Waals surface area contributed by atoms with Crippen molar-refractivity contribution in [3.8, 4) is 0 Å². The number of piperidine rings is 1. The Morgan fingerprint density at radius 3 is 2.89 bits per heavy atom. The van der Waals surface area contributed by atoms with Crippen molar-refractivity contribution in [1.82, 2.24) is 5.32 Å². The third kappa shape index (κ3) is 3.24. The van der Waals surface area contributed by atoms with Crippen LogP contribution >= 0.6 is 11.6 Å². The Balaban J connectivity index is 2.10. The molecule has 2 unspecified atom stereocenters. The van der Waals surface area contributed by atoms with E-state index in [1.54, 1.807) is 6.92 Å². The zero-order valence-corrected chi connectivity index (χ0v) is 11.9. The van der Waals surface area contributed by atoms with Gasteiger partial charge in [0.1, 0.15) is 5.67 Å². The van der Waals surface area contributed by atoms with Crippen LogP contribution in [0.3, 0.4) is 0 Å². The van der Waals surface area contributed by atoms with E-state index < -0.39 is 5.67 Å². The molecule has 1 aliphatic rings. The van der Waals surface area contributed by atoms with Gasteiger partial charge in [-0.1, -0.05) is 23.7 Å². The van der Waals surface area contributed by atoms with Gasteiger partial charge in [-0.3, -0.25) is 0 Å². The first kappa shape index (κ1) is 13.8. The van der Waals surface area contributed by atoms with Crippen molar-refractivity contribution in [2.45, 2.75) is 38.8 Å². The summed E-state index contributed by atoms with van der Waals surface area (Å²) >= 11 is 6.19. The molecule has 2 atom stereocenters. The zero-order chi connectivity index (χ0) is 13.2. The van der Waals surface area contributed by atoms with Gasteiger partial charge in [-0.05, 0) is 50.4 Å². The predicted molar refractivity (Wildman–Crippen MR) is 75.0 cm³/mol. The van der Waals surface area contributed by atoms with E-state index in [-0.39, 0.29) is 5.92 Å². The van der Waals surface area contributed by atoms with Crippen LogP contribution in [-0.2, 0) is 6.42 Å². The fraction of sp³-hybridized carbons (Fsp3) is 0.600. The first-order valence-corrected chi connectivity index (χ1v) is 7.01. The average molecular weight is 270 g/mol. The molecular weight excluding hydrogens is 249 g/mol. The van der Waals surface area contributed by atoms with E-state index in [9.17, 15) is 4.39 Å². The lowest BCUT2D eigenvalue weighted by atomic mass is 9.81. The summed E-state index contributed by atoms with van der Waals surface area (Å²) in [6.07, 6.45) is 2.42. The molecule has 0 radical (unpaired) electrons. The lowest BCUT2D eigenvalue weighted by Crippen LogP contribution is -2.42. The van der Waals surface area contributed by atoms with Gasteiger partial charge in [0.2, 0.25) is 0 Å². The summed E-state index contributed by atoms with van der Waals surface area (Å²) in [6.45, 7) is 5.49. The first-order valence-electron chi connectivity index (χ1n) is 6.64. The van der Waals surface area contributed by atoms with Gasteiger partial charge in [0.05, 0.1) is 0 Å². The molecule has 0 amide bonds.